The minimum absolute atomic E-state index is 0.0879. The maximum absolute atomic E-state index is 14.2. The van der Waals surface area contributed by atoms with Crippen molar-refractivity contribution in [3.05, 3.63) is 81.7 Å². The number of hydrogen-bond donors (Lipinski definition) is 1. The van der Waals surface area contributed by atoms with E-state index in [1.165, 1.54) is 0 Å². The fraction of sp³-hybridized carbons (Fsp3) is 0.481. The monoisotopic (exact) mass is 494 g/mol. The van der Waals surface area contributed by atoms with Crippen LogP contribution in [0.15, 0.2) is 59.7 Å². The minimum Gasteiger partial charge on any atom is -0.478 e. The van der Waals surface area contributed by atoms with Gasteiger partial charge in [0.2, 0.25) is 5.91 Å². The second-order valence-electron chi connectivity index (χ2n) is 8.92. The average Bonchev–Trinajstić information content (AvgIpc) is 2.92. The molecule has 1 saturated carbocycles. The van der Waals surface area contributed by atoms with Crippen LogP contribution in [-0.2, 0) is 26.2 Å². The Morgan fingerprint density at radius 2 is 1.61 bits per heavy atom. The molecule has 0 radical (unpaired) electrons. The maximum atomic E-state index is 14.2. The van der Waals surface area contributed by atoms with E-state index in [2.05, 4.69) is 10.0 Å². The van der Waals surface area contributed by atoms with Crippen molar-refractivity contribution in [3.63, 3.8) is 0 Å². The second-order valence-corrected chi connectivity index (χ2v) is 8.92. The molecule has 0 heterocycles. The van der Waals surface area contributed by atoms with Crippen molar-refractivity contribution in [2.45, 2.75) is 44.1 Å². The number of carboxylic acids is 1. The lowest BCUT2D eigenvalue weighted by Crippen LogP contribution is -2.48. The number of carbonyl (C=O) groups excluding carboxylic acids is 1. The lowest BCUT2D eigenvalue weighted by atomic mass is 9.68. The van der Waals surface area contributed by atoms with Gasteiger partial charge in [-0.3, -0.25) is 4.79 Å². The summed E-state index contributed by atoms with van der Waals surface area (Å²) < 4.78 is 11.1. The van der Waals surface area contributed by atoms with Gasteiger partial charge in [-0.1, -0.05) is 66.8 Å². The third-order valence-electron chi connectivity index (χ3n) is 6.58. The molecule has 0 saturated heterocycles. The highest BCUT2D eigenvalue weighted by atomic mass is 16.5. The molecule has 1 aliphatic carbocycles. The predicted octanol–water partition coefficient (Wildman–Crippen LogP) is 4.96. The third kappa shape index (κ3) is 7.55. The molecule has 2 aromatic rings. The normalized spacial score (nSPS) is 14.6. The Morgan fingerprint density at radius 1 is 0.944 bits per heavy atom. The Labute approximate surface area is 211 Å². The molecule has 1 aliphatic rings. The van der Waals surface area contributed by atoms with Crippen LogP contribution in [0.4, 0.5) is 0 Å². The van der Waals surface area contributed by atoms with E-state index < -0.39 is 11.4 Å². The molecule has 1 N–H and O–H groups in total. The molecule has 0 aromatic heterocycles. The van der Waals surface area contributed by atoms with Gasteiger partial charge in [0.15, 0.2) is 0 Å². The van der Waals surface area contributed by atoms with Crippen molar-refractivity contribution in [3.8, 4) is 0 Å². The molecule has 0 aliphatic heterocycles. The number of carbonyl (C=O) groups is 2. The molecule has 9 nitrogen and oxygen atoms in total. The van der Waals surface area contributed by atoms with Crippen LogP contribution in [0.3, 0.4) is 0 Å². The number of azide groups is 1. The molecular formula is C27H34N4O5. The van der Waals surface area contributed by atoms with E-state index in [0.717, 1.165) is 43.2 Å². The van der Waals surface area contributed by atoms with Crippen molar-refractivity contribution in [1.29, 1.82) is 0 Å². The zero-order valence-corrected chi connectivity index (χ0v) is 20.6. The van der Waals surface area contributed by atoms with Crippen LogP contribution in [0.25, 0.3) is 10.4 Å². The van der Waals surface area contributed by atoms with Crippen LogP contribution in [0.1, 0.15) is 53.6 Å². The first-order valence-corrected chi connectivity index (χ1v) is 12.4. The Balaban J connectivity index is 1.71. The van der Waals surface area contributed by atoms with Gasteiger partial charge in [0.05, 0.1) is 37.4 Å². The number of hydrogen-bond acceptors (Lipinski definition) is 5. The number of rotatable bonds is 14. The van der Waals surface area contributed by atoms with Crippen LogP contribution in [-0.4, -0.2) is 61.4 Å². The standard InChI is InChI=1S/C27H34N4O5/c28-30-29-15-17-35-19-20-36-18-16-31(21-22-9-11-23(12-10-22)25(32)33)26(34)27(13-5-2-6-14-27)24-7-3-1-4-8-24/h1,3-4,7-12H,2,5-6,13-21H2,(H,32,33). The van der Waals surface area contributed by atoms with E-state index in [-0.39, 0.29) is 18.0 Å². The Hall–Kier alpha value is -3.39. The number of ether oxygens (including phenoxy) is 2. The van der Waals surface area contributed by atoms with Gasteiger partial charge in [0.1, 0.15) is 0 Å². The smallest absolute Gasteiger partial charge is 0.335 e. The van der Waals surface area contributed by atoms with Crippen LogP contribution in [0, 0.1) is 0 Å². The van der Waals surface area contributed by atoms with Crippen molar-refractivity contribution >= 4 is 11.9 Å². The van der Waals surface area contributed by atoms with Crippen molar-refractivity contribution in [2.24, 2.45) is 5.11 Å². The zero-order valence-electron chi connectivity index (χ0n) is 20.6. The number of benzene rings is 2. The van der Waals surface area contributed by atoms with E-state index in [0.29, 0.717) is 39.5 Å². The summed E-state index contributed by atoms with van der Waals surface area (Å²) in [6.07, 6.45) is 4.76. The largest absolute Gasteiger partial charge is 0.478 e. The number of aromatic carboxylic acids is 1. The Bertz CT molecular complexity index is 1020. The number of nitrogens with zero attached hydrogens (tertiary/aromatic N) is 4. The van der Waals surface area contributed by atoms with E-state index in [4.69, 9.17) is 15.0 Å². The van der Waals surface area contributed by atoms with Crippen LogP contribution < -0.4 is 0 Å². The first kappa shape index (κ1) is 27.2. The van der Waals surface area contributed by atoms with E-state index in [1.807, 2.05) is 35.2 Å². The third-order valence-corrected chi connectivity index (χ3v) is 6.58. The first-order chi connectivity index (χ1) is 17.6. The van der Waals surface area contributed by atoms with Gasteiger partial charge in [0, 0.05) is 24.5 Å². The van der Waals surface area contributed by atoms with Gasteiger partial charge in [-0.2, -0.15) is 0 Å². The second kappa shape index (κ2) is 14.2. The molecule has 0 spiro atoms. The number of amides is 1. The summed E-state index contributed by atoms with van der Waals surface area (Å²) in [5.74, 6) is -0.889. The van der Waals surface area contributed by atoms with Gasteiger partial charge in [-0.15, -0.1) is 0 Å². The highest BCUT2D eigenvalue weighted by molar-refractivity contribution is 5.89. The highest BCUT2D eigenvalue weighted by Gasteiger charge is 2.43. The summed E-state index contributed by atoms with van der Waals surface area (Å²) in [5.41, 5.74) is 9.86. The molecule has 192 valence electrons. The van der Waals surface area contributed by atoms with Gasteiger partial charge < -0.3 is 19.5 Å². The predicted molar refractivity (Wildman–Crippen MR) is 136 cm³/mol. The SMILES string of the molecule is [N-]=[N+]=NCCOCCOCCN(Cc1ccc(C(=O)O)cc1)C(=O)C1(c2ccccc2)CCCCC1. The van der Waals surface area contributed by atoms with Gasteiger partial charge >= 0.3 is 5.97 Å². The molecule has 9 heteroatoms. The van der Waals surface area contributed by atoms with Crippen LogP contribution >= 0.6 is 0 Å². The highest BCUT2D eigenvalue weighted by Crippen LogP contribution is 2.41. The molecule has 0 bridgehead atoms. The number of carboxylic acid groups (broad SMARTS) is 1. The molecular weight excluding hydrogens is 460 g/mol. The van der Waals surface area contributed by atoms with Crippen LogP contribution in [0.2, 0.25) is 0 Å². The zero-order chi connectivity index (χ0) is 25.6. The molecule has 0 atom stereocenters. The van der Waals surface area contributed by atoms with Crippen molar-refractivity contribution in [1.82, 2.24) is 4.90 Å². The van der Waals surface area contributed by atoms with Gasteiger partial charge in [0.25, 0.3) is 0 Å². The first-order valence-electron chi connectivity index (χ1n) is 12.4. The Morgan fingerprint density at radius 3 is 2.25 bits per heavy atom. The summed E-state index contributed by atoms with van der Waals surface area (Å²) >= 11 is 0. The molecule has 3 rings (SSSR count). The summed E-state index contributed by atoms with van der Waals surface area (Å²) in [4.78, 5) is 29.9. The van der Waals surface area contributed by atoms with Crippen molar-refractivity contribution < 1.29 is 24.2 Å². The van der Waals surface area contributed by atoms with E-state index in [1.54, 1.807) is 24.3 Å². The van der Waals surface area contributed by atoms with Gasteiger partial charge in [-0.25, -0.2) is 4.79 Å². The summed E-state index contributed by atoms with van der Waals surface area (Å²) in [5, 5.41) is 12.6. The fourth-order valence-corrected chi connectivity index (χ4v) is 4.71. The van der Waals surface area contributed by atoms with Crippen LogP contribution in [0.5, 0.6) is 0 Å². The maximum Gasteiger partial charge on any atom is 0.335 e. The van der Waals surface area contributed by atoms with Crippen molar-refractivity contribution in [2.75, 3.05) is 39.5 Å². The van der Waals surface area contributed by atoms with Gasteiger partial charge in [-0.05, 0) is 41.6 Å². The molecule has 36 heavy (non-hydrogen) atoms. The summed E-state index contributed by atoms with van der Waals surface area (Å²) in [7, 11) is 0. The fourth-order valence-electron chi connectivity index (χ4n) is 4.71. The quantitative estimate of drug-likeness (QED) is 0.172. The summed E-state index contributed by atoms with van der Waals surface area (Å²) in [6.45, 7) is 2.50. The molecule has 0 unspecified atom stereocenters. The van der Waals surface area contributed by atoms with E-state index in [9.17, 15) is 14.7 Å². The topological polar surface area (TPSA) is 125 Å². The molecule has 2 aromatic carbocycles. The molecule has 1 amide bonds. The van der Waals surface area contributed by atoms with E-state index >= 15 is 0 Å². The average molecular weight is 495 g/mol. The minimum atomic E-state index is -0.977. The Kier molecular flexibility index (Phi) is 10.8. The lowest BCUT2D eigenvalue weighted by molar-refractivity contribution is -0.140. The summed E-state index contributed by atoms with van der Waals surface area (Å²) in [6, 6.07) is 16.7. The molecule has 1 fully saturated rings. The lowest BCUT2D eigenvalue weighted by Gasteiger charge is -2.40.